The maximum Gasteiger partial charge on any atom is 0.409 e. The predicted octanol–water partition coefficient (Wildman–Crippen LogP) is 6.32. The number of anilines is 1. The SMILES string of the molecule is COc1cc2cc(c1Cl)N(C)C(=O)C[C@H](OC(=O)[C@H](CCCCNC(=O)CCOCCOCCNC(=O)c1ccc3nc(CSC)c(CSC)nc3c1)N(C)C(C)=O)[C@]1(C)O[C@H]1[C@H](C)[C@@H]1C[C@@](O)(NC(=O)O1)[C@H](OC)C=CC=C(C)C2. The standard InChI is InChI=1S/C57H78ClN7O14S2/c1-34-14-13-16-47(74-8)57(72)31-46(77-55(71)63-57)35(2)52-56(4,79-52)48(30-50(68)65(6)44-27-37(26-34)28-45(73-7)51(44)58)78-54(70)43(64(5)36(3)66)15-11-12-20-59-49(67)19-22-75-24-25-76-23-21-60-53(69)38-17-18-39-40(29-38)62-42(33-81-10)41(61-39)32-80-9/h13-14,16-18,27-29,35,43,46-48,52,72H,11-12,15,19-26,30-33H2,1-10H3,(H,59,67)(H,60,69)(H,63,71)/t35-,43+,46+,47-,48+,52+,56+,57+/m1/s1. The van der Waals surface area contributed by atoms with Crippen molar-refractivity contribution in [3.63, 3.8) is 0 Å². The number of ether oxygens (including phenoxy) is 7. The number of hydrogen-bond donors (Lipinski definition) is 4. The number of hydrogen-bond acceptors (Lipinski definition) is 18. The number of esters is 1. The second-order valence-corrected chi connectivity index (χ2v) is 22.7. The van der Waals surface area contributed by atoms with Crippen molar-refractivity contribution in [1.82, 2.24) is 30.8 Å². The molecule has 3 aromatic rings. The van der Waals surface area contributed by atoms with Crippen molar-refractivity contribution in [3.05, 3.63) is 81.7 Å². The van der Waals surface area contributed by atoms with Gasteiger partial charge >= 0.3 is 12.1 Å². The number of nitrogens with one attached hydrogen (secondary N) is 3. The van der Waals surface area contributed by atoms with Gasteiger partial charge in [-0.05, 0) is 87.9 Å². The van der Waals surface area contributed by atoms with Gasteiger partial charge in [0.15, 0.2) is 5.72 Å². The summed E-state index contributed by atoms with van der Waals surface area (Å²) in [4.78, 5) is 92.6. The number of carbonyl (C=O) groups excluding carboxylic acids is 6. The summed E-state index contributed by atoms with van der Waals surface area (Å²) in [7, 11) is 5.95. The molecule has 3 aliphatic rings. The van der Waals surface area contributed by atoms with E-state index in [0.29, 0.717) is 54.9 Å². The lowest BCUT2D eigenvalue weighted by Crippen LogP contribution is -2.63. The van der Waals surface area contributed by atoms with Gasteiger partial charge in [-0.15, -0.1) is 0 Å². The summed E-state index contributed by atoms with van der Waals surface area (Å²) in [6, 6.07) is 7.79. The lowest BCUT2D eigenvalue weighted by Gasteiger charge is -2.42. The molecule has 4 bridgehead atoms. The topological polar surface area (TPSA) is 259 Å². The molecule has 24 heteroatoms. The molecular formula is C57H78ClN7O14S2. The first-order chi connectivity index (χ1) is 38.7. The molecule has 8 atom stereocenters. The molecule has 5 amide bonds. The molecule has 2 fully saturated rings. The Balaban J connectivity index is 1.00. The molecule has 3 aliphatic heterocycles. The van der Waals surface area contributed by atoms with Crippen LogP contribution >= 0.6 is 35.1 Å². The van der Waals surface area contributed by atoms with E-state index in [1.165, 1.54) is 38.0 Å². The van der Waals surface area contributed by atoms with E-state index in [-0.39, 0.29) is 68.9 Å². The minimum absolute atomic E-state index is 0.0947. The second-order valence-electron chi connectivity index (χ2n) is 20.6. The monoisotopic (exact) mass is 1180 g/mol. The largest absolute Gasteiger partial charge is 0.495 e. The van der Waals surface area contributed by atoms with Crippen molar-refractivity contribution in [1.29, 1.82) is 0 Å². The maximum absolute atomic E-state index is 14.5. The van der Waals surface area contributed by atoms with Crippen molar-refractivity contribution in [3.8, 4) is 5.75 Å². The number of rotatable bonds is 24. The van der Waals surface area contributed by atoms with E-state index in [9.17, 15) is 33.9 Å². The maximum atomic E-state index is 14.5. The second kappa shape index (κ2) is 30.1. The number of likely N-dealkylation sites (N-methyl/N-ethyl adjacent to an activating group) is 1. The van der Waals surface area contributed by atoms with Gasteiger partial charge in [0.1, 0.15) is 40.7 Å². The normalized spacial score (nSPS) is 23.3. The van der Waals surface area contributed by atoms with E-state index in [4.69, 9.17) is 54.7 Å². The number of nitrogens with zero attached hydrogens (tertiary/aromatic N) is 4. The highest BCUT2D eigenvalue weighted by molar-refractivity contribution is 7.98. The fraction of sp³-hybridized carbons (Fsp3) is 0.579. The average Bonchev–Trinajstić information content (AvgIpc) is 3.51. The van der Waals surface area contributed by atoms with Crippen molar-refractivity contribution < 1.29 is 67.0 Å². The number of allylic oxidation sites excluding steroid dienone is 3. The number of methoxy groups -OCH3 is 2. The van der Waals surface area contributed by atoms with Gasteiger partial charge < -0.3 is 58.7 Å². The van der Waals surface area contributed by atoms with Gasteiger partial charge in [0, 0.05) is 77.0 Å². The van der Waals surface area contributed by atoms with Gasteiger partial charge in [-0.1, -0.05) is 42.3 Å². The number of unbranched alkanes of at least 4 members (excludes halogenated alkanes) is 1. The number of amides is 5. The molecule has 21 nitrogen and oxygen atoms in total. The average molecular weight is 1180 g/mol. The smallest absolute Gasteiger partial charge is 0.409 e. The number of aliphatic hydroxyl groups is 1. The first-order valence-electron chi connectivity index (χ1n) is 27.0. The molecule has 0 unspecified atom stereocenters. The molecule has 0 aliphatic carbocycles. The fourth-order valence-electron chi connectivity index (χ4n) is 9.89. The number of fused-ring (bicyclic) bond motifs is 6. The molecule has 2 aromatic carbocycles. The summed E-state index contributed by atoms with van der Waals surface area (Å²) in [6.45, 7) is 8.25. The molecule has 0 spiro atoms. The van der Waals surface area contributed by atoms with E-state index in [1.54, 1.807) is 80.8 Å². The summed E-state index contributed by atoms with van der Waals surface area (Å²) in [6.07, 6.45) is 5.65. The first kappa shape index (κ1) is 64.6. The summed E-state index contributed by atoms with van der Waals surface area (Å²) in [5, 5.41) is 20.3. The van der Waals surface area contributed by atoms with Crippen molar-refractivity contribution in [2.75, 3.05) is 85.2 Å². The molecule has 4 N–H and O–H groups in total. The number of aromatic nitrogens is 2. The van der Waals surface area contributed by atoms with Crippen LogP contribution in [0.5, 0.6) is 5.75 Å². The number of carbonyl (C=O) groups is 6. The third-order valence-electron chi connectivity index (χ3n) is 14.7. The first-order valence-corrected chi connectivity index (χ1v) is 30.1. The predicted molar refractivity (Wildman–Crippen MR) is 310 cm³/mol. The molecule has 4 heterocycles. The molecule has 444 valence electrons. The molecule has 0 saturated carbocycles. The number of halogens is 1. The molecule has 6 rings (SSSR count). The van der Waals surface area contributed by atoms with Gasteiger partial charge in [0.2, 0.25) is 17.7 Å². The van der Waals surface area contributed by atoms with Crippen molar-refractivity contribution >= 4 is 87.5 Å². The van der Waals surface area contributed by atoms with E-state index in [0.717, 1.165) is 39.5 Å². The highest BCUT2D eigenvalue weighted by Gasteiger charge is 2.64. The summed E-state index contributed by atoms with van der Waals surface area (Å²) >= 11 is 10.2. The zero-order valence-corrected chi connectivity index (χ0v) is 50.3. The molecule has 0 radical (unpaired) electrons. The Morgan fingerprint density at radius 3 is 2.37 bits per heavy atom. The quantitative estimate of drug-likeness (QED) is 0.0434. The molecular weight excluding hydrogens is 1110 g/mol. The molecule has 81 heavy (non-hydrogen) atoms. The van der Waals surface area contributed by atoms with Crippen LogP contribution in [-0.4, -0.2) is 178 Å². The van der Waals surface area contributed by atoms with E-state index >= 15 is 0 Å². The van der Waals surface area contributed by atoms with Gasteiger partial charge in [-0.2, -0.15) is 23.5 Å². The third-order valence-corrected chi connectivity index (χ3v) is 16.2. The molecule has 2 saturated heterocycles. The number of epoxide rings is 1. The Morgan fingerprint density at radius 1 is 0.988 bits per heavy atom. The van der Waals surface area contributed by atoms with Crippen LogP contribution in [0.3, 0.4) is 0 Å². The summed E-state index contributed by atoms with van der Waals surface area (Å²) in [5.41, 5.74) is 2.63. The van der Waals surface area contributed by atoms with Crippen molar-refractivity contribution in [2.45, 2.75) is 126 Å². The highest BCUT2D eigenvalue weighted by Crippen LogP contribution is 2.49. The minimum Gasteiger partial charge on any atom is -0.495 e. The van der Waals surface area contributed by atoms with Crippen LogP contribution in [0, 0.1) is 5.92 Å². The van der Waals surface area contributed by atoms with Crippen LogP contribution < -0.4 is 25.6 Å². The van der Waals surface area contributed by atoms with Gasteiger partial charge in [-0.25, -0.2) is 19.6 Å². The lowest BCUT2D eigenvalue weighted by molar-refractivity contribution is -0.162. The van der Waals surface area contributed by atoms with Crippen LogP contribution in [0.15, 0.2) is 54.1 Å². The van der Waals surface area contributed by atoms with Crippen molar-refractivity contribution in [2.24, 2.45) is 5.92 Å². The lowest BCUT2D eigenvalue weighted by atomic mass is 9.83. The fourth-order valence-corrected chi connectivity index (χ4v) is 11.2. The van der Waals surface area contributed by atoms with Gasteiger partial charge in [-0.3, -0.25) is 24.5 Å². The molecule has 1 aromatic heterocycles. The van der Waals surface area contributed by atoms with Crippen LogP contribution in [-0.2, 0) is 65.5 Å². The summed E-state index contributed by atoms with van der Waals surface area (Å²) in [5.74, 6) is -0.869. The minimum atomic E-state index is -1.88. The van der Waals surface area contributed by atoms with Gasteiger partial charge in [0.05, 0.1) is 74.2 Å². The number of alkyl carbamates (subject to hydrolysis) is 1. The zero-order chi connectivity index (χ0) is 59.0. The van der Waals surface area contributed by atoms with E-state index in [1.807, 2.05) is 31.6 Å². The third kappa shape index (κ3) is 17.3. The Labute approximate surface area is 487 Å². The number of benzene rings is 2. The van der Waals surface area contributed by atoms with E-state index in [2.05, 4.69) is 16.0 Å². The van der Waals surface area contributed by atoms with Crippen LogP contribution in [0.4, 0.5) is 10.5 Å². The van der Waals surface area contributed by atoms with E-state index < -0.39 is 71.6 Å². The highest BCUT2D eigenvalue weighted by atomic mass is 35.5. The Bertz CT molecular complexity index is 2790. The zero-order valence-electron chi connectivity index (χ0n) is 47.9. The summed E-state index contributed by atoms with van der Waals surface area (Å²) < 4.78 is 40.9. The number of thioether (sulfide) groups is 2. The van der Waals surface area contributed by atoms with Crippen LogP contribution in [0.25, 0.3) is 11.0 Å². The Hall–Kier alpha value is -5.53. The van der Waals surface area contributed by atoms with Gasteiger partial charge in [0.25, 0.3) is 5.91 Å². The Kier molecular flexibility index (Phi) is 24.1. The van der Waals surface area contributed by atoms with Crippen LogP contribution in [0.1, 0.15) is 93.5 Å². The Morgan fingerprint density at radius 2 is 1.69 bits per heavy atom. The van der Waals surface area contributed by atoms with Crippen LogP contribution in [0.2, 0.25) is 5.02 Å².